The Kier molecular flexibility index (Phi) is 17.2. The van der Waals surface area contributed by atoms with Crippen molar-refractivity contribution in [2.24, 2.45) is 18.5 Å². The summed E-state index contributed by atoms with van der Waals surface area (Å²) in [7, 11) is 2.96. The number of nitrogens with zero attached hydrogens (tertiary/aromatic N) is 4. The number of ether oxygens (including phenoxy) is 2. The zero-order valence-electron chi connectivity index (χ0n) is 36.4. The number of nitrogens with one attached hydrogen (secondary N) is 2. The Morgan fingerprint density at radius 1 is 1.00 bits per heavy atom. The number of unbranched alkanes of at least 4 members (excludes halogenated alkanes) is 2. The Bertz CT molecular complexity index is 2370. The summed E-state index contributed by atoms with van der Waals surface area (Å²) >= 11 is 6.82. The largest absolute Gasteiger partial charge is 0.490 e. The number of hydrogen-bond acceptors (Lipinski definition) is 11. The maximum absolute atomic E-state index is 13.7. The van der Waals surface area contributed by atoms with Crippen LogP contribution in [0.2, 0.25) is 5.02 Å². The van der Waals surface area contributed by atoms with E-state index >= 15 is 0 Å². The lowest BCUT2D eigenvalue weighted by Crippen LogP contribution is -2.60. The third-order valence-corrected chi connectivity index (χ3v) is 12.3. The third-order valence-electron chi connectivity index (χ3n) is 11.9. The van der Waals surface area contributed by atoms with E-state index in [9.17, 15) is 46.7 Å². The maximum Gasteiger partial charge on any atom is 0.490 e. The van der Waals surface area contributed by atoms with E-state index in [-0.39, 0.29) is 62.4 Å². The molecule has 1 aromatic heterocycles. The number of aromatic nitrogens is 2. The molecule has 2 aromatic carbocycles. The van der Waals surface area contributed by atoms with Crippen molar-refractivity contribution >= 4 is 64.2 Å². The van der Waals surface area contributed by atoms with Crippen LogP contribution in [0.5, 0.6) is 5.75 Å². The molecule has 66 heavy (non-hydrogen) atoms. The molecule has 6 rings (SSSR count). The van der Waals surface area contributed by atoms with Gasteiger partial charge in [-0.15, -0.1) is 0 Å². The van der Waals surface area contributed by atoms with Crippen molar-refractivity contribution in [3.63, 3.8) is 0 Å². The summed E-state index contributed by atoms with van der Waals surface area (Å²) in [5.74, 6) is -4.44. The predicted molar refractivity (Wildman–Crippen MR) is 231 cm³/mol. The number of halogens is 4. The summed E-state index contributed by atoms with van der Waals surface area (Å²) in [6.45, 7) is 0.323. The average Bonchev–Trinajstić information content (AvgIpc) is 3.79. The van der Waals surface area contributed by atoms with E-state index in [1.807, 2.05) is 30.3 Å². The van der Waals surface area contributed by atoms with E-state index in [1.165, 1.54) is 21.1 Å². The van der Waals surface area contributed by atoms with Crippen LogP contribution in [0.25, 0.3) is 11.0 Å². The topological polar surface area (TPSA) is 268 Å². The van der Waals surface area contributed by atoms with Gasteiger partial charge in [0.05, 0.1) is 29.2 Å². The van der Waals surface area contributed by atoms with Gasteiger partial charge in [-0.1, -0.05) is 36.2 Å². The van der Waals surface area contributed by atoms with Crippen molar-refractivity contribution in [3.05, 3.63) is 63.0 Å². The number of alkyl halides is 3. The minimum absolute atomic E-state index is 0.00669. The van der Waals surface area contributed by atoms with Gasteiger partial charge in [-0.25, -0.2) is 14.4 Å². The smallest absolute Gasteiger partial charge is 0.490 e. The second-order valence-electron chi connectivity index (χ2n) is 16.4. The quantitative estimate of drug-likeness (QED) is 0.109. The SMILES string of the molecule is COC(=O)N1CC[C@H]2CC[C@@H](C(=O)N[C@@H](CCC(N)=O)COc3cccc(CCCCCc4ccc5c(c4)n(C)c(=O)n5C4CCC(=O)NC4=O)c3Cl)N2C(=O)[C@@H](N)C1.O=C(O)C(F)(F)F. The van der Waals surface area contributed by atoms with Gasteiger partial charge in [0.2, 0.25) is 29.5 Å². The molecule has 7 N–H and O–H groups in total. The molecule has 3 aliphatic heterocycles. The molecule has 0 aliphatic carbocycles. The number of imide groups is 1. The van der Waals surface area contributed by atoms with Gasteiger partial charge in [0.1, 0.15) is 30.5 Å². The van der Waals surface area contributed by atoms with Crippen LogP contribution in [-0.2, 0) is 53.4 Å². The average molecular weight is 951 g/mol. The number of primary amides is 1. The van der Waals surface area contributed by atoms with Crippen LogP contribution in [-0.4, -0.2) is 123 Å². The lowest BCUT2D eigenvalue weighted by atomic mass is 10.0. The van der Waals surface area contributed by atoms with Gasteiger partial charge in [0.25, 0.3) is 0 Å². The monoisotopic (exact) mass is 950 g/mol. The van der Waals surface area contributed by atoms with Gasteiger partial charge in [0, 0.05) is 39.0 Å². The normalized spacial score (nSPS) is 20.3. The summed E-state index contributed by atoms with van der Waals surface area (Å²) in [6, 6.07) is 7.95. The van der Waals surface area contributed by atoms with Crippen LogP contribution in [0.4, 0.5) is 18.0 Å². The first kappa shape index (κ1) is 50.8. The van der Waals surface area contributed by atoms with Gasteiger partial charge in [-0.05, 0) is 87.1 Å². The highest BCUT2D eigenvalue weighted by Gasteiger charge is 2.45. The van der Waals surface area contributed by atoms with E-state index in [0.717, 1.165) is 42.3 Å². The summed E-state index contributed by atoms with van der Waals surface area (Å²) in [5.41, 5.74) is 14.7. The van der Waals surface area contributed by atoms with Crippen molar-refractivity contribution in [1.82, 2.24) is 29.6 Å². The summed E-state index contributed by atoms with van der Waals surface area (Å²) < 4.78 is 45.7. The minimum Gasteiger partial charge on any atom is -0.490 e. The lowest BCUT2D eigenvalue weighted by molar-refractivity contribution is -0.192. The van der Waals surface area contributed by atoms with Crippen LogP contribution in [0.3, 0.4) is 0 Å². The van der Waals surface area contributed by atoms with Crippen molar-refractivity contribution in [3.8, 4) is 5.75 Å². The predicted octanol–water partition coefficient (Wildman–Crippen LogP) is 2.85. The van der Waals surface area contributed by atoms with Gasteiger partial charge < -0.3 is 41.2 Å². The molecule has 19 nitrogen and oxygen atoms in total. The number of carboxylic acids is 1. The van der Waals surface area contributed by atoms with Crippen LogP contribution in [0, 0.1) is 0 Å². The highest BCUT2D eigenvalue weighted by atomic mass is 35.5. The number of rotatable bonds is 15. The van der Waals surface area contributed by atoms with Gasteiger partial charge >= 0.3 is 23.9 Å². The summed E-state index contributed by atoms with van der Waals surface area (Å²) in [4.78, 5) is 100. The number of methoxy groups -OCH3 is 1. The fourth-order valence-electron chi connectivity index (χ4n) is 8.43. The van der Waals surface area contributed by atoms with E-state index in [4.69, 9.17) is 42.4 Å². The first-order chi connectivity index (χ1) is 31.2. The number of aliphatic carboxylic acids is 1. The zero-order valence-corrected chi connectivity index (χ0v) is 37.2. The van der Waals surface area contributed by atoms with Crippen LogP contribution < -0.4 is 32.5 Å². The number of amides is 6. The standard InChI is InChI=1S/C41H53ClN8O9.C2HF3O2/c1-47-32-21-24(11-14-29(32)50(40(47)56)31-16-18-35(52)46-38(31)54)7-4-3-5-8-25-9-6-10-33(36(25)42)59-23-26(12-17-34(44)51)45-37(53)30-15-13-27-19-20-48(41(57)58-2)22-28(43)39(55)49(27)30;3-2(4,5)1(6)7/h6,9-11,14,21,26-28,30-31H,3-5,7-8,12-13,15-20,22-23,43H2,1-2H3,(H2,44,51)(H,45,53)(H,46,52,54);(H,6,7)/t26-,27+,28-,30-,31?;/m0./s1. The number of fused-ring (bicyclic) bond motifs is 2. The number of aryl methyl sites for hydroxylation is 3. The molecule has 3 aliphatic rings. The van der Waals surface area contributed by atoms with Crippen molar-refractivity contribution < 1.29 is 61.3 Å². The number of carbonyl (C=O) groups is 7. The first-order valence-electron chi connectivity index (χ1n) is 21.4. The molecule has 0 radical (unpaired) electrons. The third kappa shape index (κ3) is 12.6. The van der Waals surface area contributed by atoms with Crippen molar-refractivity contribution in [1.29, 1.82) is 0 Å². The molecule has 5 atom stereocenters. The molecule has 0 spiro atoms. The number of carbonyl (C=O) groups excluding carboxylic acids is 6. The molecule has 4 heterocycles. The maximum atomic E-state index is 13.7. The molecule has 0 bridgehead atoms. The Labute approximate surface area is 381 Å². The molecule has 360 valence electrons. The number of benzene rings is 2. The zero-order chi connectivity index (χ0) is 48.5. The summed E-state index contributed by atoms with van der Waals surface area (Å²) in [5, 5.41) is 12.9. The molecule has 0 saturated carbocycles. The molecular formula is C43H54ClF3N8O11. The number of hydrogen-bond donors (Lipinski definition) is 5. The van der Waals surface area contributed by atoms with E-state index < -0.39 is 60.1 Å². The molecule has 3 saturated heterocycles. The molecule has 6 amide bonds. The fourth-order valence-corrected chi connectivity index (χ4v) is 8.71. The van der Waals surface area contributed by atoms with Crippen LogP contribution in [0.1, 0.15) is 81.4 Å². The van der Waals surface area contributed by atoms with E-state index in [1.54, 1.807) is 18.0 Å². The minimum atomic E-state index is -5.08. The second-order valence-corrected chi connectivity index (χ2v) is 16.8. The highest BCUT2D eigenvalue weighted by molar-refractivity contribution is 6.32. The second kappa shape index (κ2) is 22.4. The Balaban J connectivity index is 0.00000108. The Morgan fingerprint density at radius 2 is 1.71 bits per heavy atom. The number of piperidine rings is 1. The van der Waals surface area contributed by atoms with Gasteiger partial charge in [0.15, 0.2) is 0 Å². The molecule has 3 aromatic rings. The highest BCUT2D eigenvalue weighted by Crippen LogP contribution is 2.32. The molecule has 23 heteroatoms. The summed E-state index contributed by atoms with van der Waals surface area (Å²) in [6.07, 6.45) is 0.655. The van der Waals surface area contributed by atoms with E-state index in [2.05, 4.69) is 10.6 Å². The van der Waals surface area contributed by atoms with Crippen LogP contribution >= 0.6 is 11.6 Å². The molecule has 3 fully saturated rings. The Morgan fingerprint density at radius 3 is 2.38 bits per heavy atom. The van der Waals surface area contributed by atoms with E-state index in [0.29, 0.717) is 48.5 Å². The number of imidazole rings is 1. The van der Waals surface area contributed by atoms with Gasteiger partial charge in [-0.2, -0.15) is 13.2 Å². The van der Waals surface area contributed by atoms with Gasteiger partial charge in [-0.3, -0.25) is 38.4 Å². The lowest BCUT2D eigenvalue weighted by Gasteiger charge is -2.37. The number of nitrogens with two attached hydrogens (primary N) is 2. The first-order valence-corrected chi connectivity index (χ1v) is 21.8. The van der Waals surface area contributed by atoms with Crippen molar-refractivity contribution in [2.45, 2.75) is 113 Å². The Hall–Kier alpha value is -6.16. The van der Waals surface area contributed by atoms with Crippen LogP contribution in [0.15, 0.2) is 41.2 Å². The molecule has 1 unspecified atom stereocenters. The fraction of sp³-hybridized carbons (Fsp3) is 0.535. The van der Waals surface area contributed by atoms with Crippen molar-refractivity contribution in [2.75, 3.05) is 26.8 Å². The number of carboxylic acid groups (broad SMARTS) is 1. The molecular weight excluding hydrogens is 897 g/mol.